The number of guanidine groups is 1. The summed E-state index contributed by atoms with van der Waals surface area (Å²) in [4.78, 5) is 4.27. The molecular weight excluding hydrogens is 367 g/mol. The van der Waals surface area contributed by atoms with Crippen molar-refractivity contribution in [3.8, 4) is 0 Å². The van der Waals surface area contributed by atoms with Crippen molar-refractivity contribution in [2.45, 2.75) is 45.2 Å². The number of aromatic nitrogens is 3. The van der Waals surface area contributed by atoms with Crippen molar-refractivity contribution in [3.05, 3.63) is 11.6 Å². The van der Waals surface area contributed by atoms with Gasteiger partial charge in [-0.15, -0.1) is 34.2 Å². The molecule has 20 heavy (non-hydrogen) atoms. The van der Waals surface area contributed by atoms with Gasteiger partial charge in [-0.2, -0.15) is 0 Å². The lowest BCUT2D eigenvalue weighted by molar-refractivity contribution is 0.358. The van der Waals surface area contributed by atoms with E-state index in [1.165, 1.54) is 19.3 Å². The van der Waals surface area contributed by atoms with Crippen LogP contribution in [0.3, 0.4) is 0 Å². The van der Waals surface area contributed by atoms with Gasteiger partial charge in [0, 0.05) is 32.6 Å². The van der Waals surface area contributed by atoms with Gasteiger partial charge in [0.05, 0.1) is 0 Å². The molecule has 1 fully saturated rings. The van der Waals surface area contributed by atoms with Crippen molar-refractivity contribution in [2.24, 2.45) is 10.9 Å². The maximum Gasteiger partial charge on any atom is 0.191 e. The number of aryl methyl sites for hydroxylation is 2. The second-order valence-corrected chi connectivity index (χ2v) is 5.55. The fourth-order valence-corrected chi connectivity index (χ4v) is 2.55. The number of nitrogens with one attached hydrogen (secondary N) is 2. The molecular formula is C13H23IN6. The van der Waals surface area contributed by atoms with Crippen molar-refractivity contribution in [2.75, 3.05) is 13.6 Å². The van der Waals surface area contributed by atoms with Crippen LogP contribution in [0.4, 0.5) is 0 Å². The Balaban J connectivity index is 0.00000147. The first-order chi connectivity index (χ1) is 9.26. The predicted octanol–water partition coefficient (Wildman–Crippen LogP) is 1.09. The summed E-state index contributed by atoms with van der Waals surface area (Å²) in [6.07, 6.45) is 4.74. The van der Waals surface area contributed by atoms with Crippen LogP contribution in [0.25, 0.3) is 0 Å². The summed E-state index contributed by atoms with van der Waals surface area (Å²) in [5.41, 5.74) is 0. The molecule has 1 aromatic rings. The van der Waals surface area contributed by atoms with Gasteiger partial charge in [0.1, 0.15) is 11.6 Å². The zero-order chi connectivity index (χ0) is 13.2. The molecule has 1 atom stereocenters. The molecule has 1 aromatic heterocycles. The smallest absolute Gasteiger partial charge is 0.191 e. The van der Waals surface area contributed by atoms with Crippen LogP contribution in [0, 0.1) is 12.8 Å². The zero-order valence-corrected chi connectivity index (χ0v) is 14.4. The predicted molar refractivity (Wildman–Crippen MR) is 89.5 cm³/mol. The summed E-state index contributed by atoms with van der Waals surface area (Å²) in [5, 5.41) is 15.2. The molecule has 1 unspecified atom stereocenters. The van der Waals surface area contributed by atoms with Crippen LogP contribution < -0.4 is 10.6 Å². The Bertz CT molecular complexity index is 479. The summed E-state index contributed by atoms with van der Waals surface area (Å²) in [6.45, 7) is 4.00. The van der Waals surface area contributed by atoms with Gasteiger partial charge < -0.3 is 15.2 Å². The van der Waals surface area contributed by atoms with E-state index in [-0.39, 0.29) is 24.0 Å². The standard InChI is InChI=1S/C13H22N6.HI/c1-9-17-18-12-6-3-10(8-19(9)12)7-15-13(14-2)16-11-4-5-11;/h10-11H,3-8H2,1-2H3,(H2,14,15,16);1H. The van der Waals surface area contributed by atoms with E-state index in [0.717, 1.165) is 37.1 Å². The minimum Gasteiger partial charge on any atom is -0.356 e. The molecule has 112 valence electrons. The summed E-state index contributed by atoms with van der Waals surface area (Å²) >= 11 is 0. The van der Waals surface area contributed by atoms with E-state index in [2.05, 4.69) is 30.4 Å². The van der Waals surface area contributed by atoms with Gasteiger partial charge in [-0.3, -0.25) is 4.99 Å². The van der Waals surface area contributed by atoms with Crippen molar-refractivity contribution in [3.63, 3.8) is 0 Å². The molecule has 6 nitrogen and oxygen atoms in total. The fourth-order valence-electron chi connectivity index (χ4n) is 2.55. The zero-order valence-electron chi connectivity index (χ0n) is 12.1. The number of rotatable bonds is 3. The van der Waals surface area contributed by atoms with Crippen LogP contribution >= 0.6 is 24.0 Å². The van der Waals surface area contributed by atoms with Crippen LogP contribution in [0.2, 0.25) is 0 Å². The first-order valence-corrected chi connectivity index (χ1v) is 7.12. The van der Waals surface area contributed by atoms with Gasteiger partial charge in [0.25, 0.3) is 0 Å². The quantitative estimate of drug-likeness (QED) is 0.461. The van der Waals surface area contributed by atoms with Crippen LogP contribution in [0.15, 0.2) is 4.99 Å². The minimum atomic E-state index is 0. The van der Waals surface area contributed by atoms with E-state index in [1.807, 2.05) is 14.0 Å². The molecule has 0 spiro atoms. The van der Waals surface area contributed by atoms with Gasteiger partial charge in [-0.1, -0.05) is 0 Å². The van der Waals surface area contributed by atoms with E-state index in [9.17, 15) is 0 Å². The van der Waals surface area contributed by atoms with Crippen molar-refractivity contribution in [1.29, 1.82) is 0 Å². The number of halogens is 1. The first-order valence-electron chi connectivity index (χ1n) is 7.12. The lowest BCUT2D eigenvalue weighted by Gasteiger charge is -2.25. The van der Waals surface area contributed by atoms with Gasteiger partial charge in [0.2, 0.25) is 0 Å². The second-order valence-electron chi connectivity index (χ2n) is 5.55. The van der Waals surface area contributed by atoms with Crippen molar-refractivity contribution >= 4 is 29.9 Å². The molecule has 0 aromatic carbocycles. The largest absolute Gasteiger partial charge is 0.356 e. The number of nitrogens with zero attached hydrogens (tertiary/aromatic N) is 4. The molecule has 7 heteroatoms. The molecule has 1 aliphatic heterocycles. The minimum absolute atomic E-state index is 0. The van der Waals surface area contributed by atoms with E-state index in [0.29, 0.717) is 12.0 Å². The number of hydrogen-bond acceptors (Lipinski definition) is 3. The van der Waals surface area contributed by atoms with Crippen LogP contribution in [0.1, 0.15) is 30.9 Å². The SMILES string of the molecule is CN=C(NCC1CCc2nnc(C)n2C1)NC1CC1.I. The Hall–Kier alpha value is -0.860. The van der Waals surface area contributed by atoms with Crippen LogP contribution in [-0.4, -0.2) is 40.4 Å². The third kappa shape index (κ3) is 3.62. The Kier molecular flexibility index (Phi) is 5.22. The second kappa shape index (κ2) is 6.73. The van der Waals surface area contributed by atoms with Gasteiger partial charge >= 0.3 is 0 Å². The van der Waals surface area contributed by atoms with Crippen LogP contribution in [0.5, 0.6) is 0 Å². The molecule has 0 bridgehead atoms. The Morgan fingerprint density at radius 3 is 2.85 bits per heavy atom. The summed E-state index contributed by atoms with van der Waals surface area (Å²) in [5.74, 6) is 3.73. The molecule has 2 N–H and O–H groups in total. The van der Waals surface area contributed by atoms with Crippen molar-refractivity contribution in [1.82, 2.24) is 25.4 Å². The van der Waals surface area contributed by atoms with Gasteiger partial charge in [0.15, 0.2) is 5.96 Å². The Morgan fingerprint density at radius 1 is 1.35 bits per heavy atom. The maximum atomic E-state index is 4.27. The van der Waals surface area contributed by atoms with Crippen molar-refractivity contribution < 1.29 is 0 Å². The van der Waals surface area contributed by atoms with Gasteiger partial charge in [-0.05, 0) is 32.1 Å². The van der Waals surface area contributed by atoms with Gasteiger partial charge in [-0.25, -0.2) is 0 Å². The fraction of sp³-hybridized carbons (Fsp3) is 0.769. The highest BCUT2D eigenvalue weighted by Gasteiger charge is 2.24. The molecule has 1 aliphatic carbocycles. The topological polar surface area (TPSA) is 67.1 Å². The number of fused-ring (bicyclic) bond motifs is 1. The van der Waals surface area contributed by atoms with E-state index in [4.69, 9.17) is 0 Å². The van der Waals surface area contributed by atoms with E-state index >= 15 is 0 Å². The third-order valence-electron chi connectivity index (χ3n) is 3.93. The first kappa shape index (κ1) is 15.5. The highest BCUT2D eigenvalue weighted by atomic mass is 127. The average Bonchev–Trinajstić information content (AvgIpc) is 3.18. The molecule has 0 saturated heterocycles. The molecule has 3 rings (SSSR count). The monoisotopic (exact) mass is 390 g/mol. The molecule has 1 saturated carbocycles. The molecule has 2 heterocycles. The maximum absolute atomic E-state index is 4.27. The normalized spacial score (nSPS) is 21.9. The Morgan fingerprint density at radius 2 is 2.15 bits per heavy atom. The summed E-state index contributed by atoms with van der Waals surface area (Å²) < 4.78 is 2.24. The molecule has 0 radical (unpaired) electrons. The van der Waals surface area contributed by atoms with E-state index in [1.54, 1.807) is 0 Å². The molecule has 0 amide bonds. The summed E-state index contributed by atoms with van der Waals surface area (Å²) in [7, 11) is 1.83. The third-order valence-corrected chi connectivity index (χ3v) is 3.93. The Labute approximate surface area is 136 Å². The highest BCUT2D eigenvalue weighted by Crippen LogP contribution is 2.20. The highest BCUT2D eigenvalue weighted by molar-refractivity contribution is 14.0. The number of hydrogen-bond donors (Lipinski definition) is 2. The summed E-state index contributed by atoms with van der Waals surface area (Å²) in [6, 6.07) is 0.643. The van der Waals surface area contributed by atoms with E-state index < -0.39 is 0 Å². The number of aliphatic imine (C=N–C) groups is 1. The lowest BCUT2D eigenvalue weighted by atomic mass is 9.99. The molecule has 2 aliphatic rings. The lowest BCUT2D eigenvalue weighted by Crippen LogP contribution is -2.42. The average molecular weight is 390 g/mol. The van der Waals surface area contributed by atoms with Crippen LogP contribution in [-0.2, 0) is 13.0 Å².